The van der Waals surface area contributed by atoms with Crippen molar-refractivity contribution >= 4 is 34.8 Å². The number of para-hydroxylation sites is 2. The number of aromatic nitrogens is 2. The summed E-state index contributed by atoms with van der Waals surface area (Å²) in [5.74, 6) is 0.279. The molecule has 7 nitrogen and oxygen atoms in total. The van der Waals surface area contributed by atoms with Crippen molar-refractivity contribution in [2.75, 3.05) is 5.32 Å². The number of nitriles is 1. The second-order valence-electron chi connectivity index (χ2n) is 6.76. The van der Waals surface area contributed by atoms with E-state index in [1.165, 1.54) is 12.3 Å². The number of rotatable bonds is 6. The summed E-state index contributed by atoms with van der Waals surface area (Å²) in [4.78, 5) is 31.2. The van der Waals surface area contributed by atoms with Gasteiger partial charge in [-0.25, -0.2) is 4.98 Å². The van der Waals surface area contributed by atoms with Crippen LogP contribution in [0.5, 0.6) is 11.6 Å². The smallest absolute Gasteiger partial charge is 0.266 e. The Kier molecular flexibility index (Phi) is 6.95. The highest BCUT2D eigenvalue weighted by Gasteiger charge is 2.15. The van der Waals surface area contributed by atoms with E-state index in [9.17, 15) is 14.9 Å². The van der Waals surface area contributed by atoms with Crippen LogP contribution in [-0.2, 0) is 11.2 Å². The molecule has 158 valence electrons. The van der Waals surface area contributed by atoms with Crippen LogP contribution in [0.25, 0.3) is 0 Å². The lowest BCUT2D eigenvalue weighted by molar-refractivity contribution is -0.116. The average Bonchev–Trinajstić information content (AvgIpc) is 2.71. The van der Waals surface area contributed by atoms with E-state index in [-0.39, 0.29) is 28.8 Å². The number of ether oxygens (including phenoxy) is 1. The molecule has 0 bridgehead atoms. The molecule has 0 spiro atoms. The standard InChI is InChI=1S/C22H18Cl2N4O3/c1-12-15(13(2)27-21(30)16(12)10-25)7-8-20(29)28-18-5-3-4-6-19(18)31-22-17(24)9-14(23)11-26-22/h3-6,9,11H,7-8H2,1-2H3,(H,27,30)(H,28,29). The van der Waals surface area contributed by atoms with Crippen LogP contribution in [0.1, 0.15) is 28.8 Å². The molecule has 0 unspecified atom stereocenters. The Bertz CT molecular complexity index is 1250. The fraction of sp³-hybridized carbons (Fsp3) is 0.182. The Morgan fingerprint density at radius 3 is 2.74 bits per heavy atom. The van der Waals surface area contributed by atoms with Crippen LogP contribution in [0.4, 0.5) is 5.69 Å². The first-order valence-electron chi connectivity index (χ1n) is 9.30. The van der Waals surface area contributed by atoms with E-state index in [1.54, 1.807) is 38.1 Å². The number of amides is 1. The maximum Gasteiger partial charge on any atom is 0.266 e. The van der Waals surface area contributed by atoms with Crippen molar-refractivity contribution in [2.45, 2.75) is 26.7 Å². The third-order valence-electron chi connectivity index (χ3n) is 4.66. The normalized spacial score (nSPS) is 10.4. The zero-order valence-corrected chi connectivity index (χ0v) is 18.3. The molecule has 0 aliphatic heterocycles. The molecule has 3 rings (SSSR count). The lowest BCUT2D eigenvalue weighted by Crippen LogP contribution is -2.18. The number of carbonyl (C=O) groups excluding carboxylic acids is 1. The molecule has 9 heteroatoms. The van der Waals surface area contributed by atoms with Gasteiger partial charge in [-0.3, -0.25) is 9.59 Å². The van der Waals surface area contributed by atoms with Crippen LogP contribution in [0, 0.1) is 25.2 Å². The number of nitrogens with zero attached hydrogens (tertiary/aromatic N) is 2. The molecule has 0 saturated heterocycles. The topological polar surface area (TPSA) is 108 Å². The molecule has 1 aromatic carbocycles. The van der Waals surface area contributed by atoms with Crippen molar-refractivity contribution in [1.82, 2.24) is 9.97 Å². The Labute approximate surface area is 188 Å². The van der Waals surface area contributed by atoms with E-state index in [2.05, 4.69) is 15.3 Å². The summed E-state index contributed by atoms with van der Waals surface area (Å²) in [5, 5.41) is 12.6. The maximum atomic E-state index is 12.6. The molecule has 31 heavy (non-hydrogen) atoms. The van der Waals surface area contributed by atoms with Gasteiger partial charge < -0.3 is 15.0 Å². The van der Waals surface area contributed by atoms with Gasteiger partial charge in [0.15, 0.2) is 5.75 Å². The summed E-state index contributed by atoms with van der Waals surface area (Å²) in [6.07, 6.45) is 1.92. The summed E-state index contributed by atoms with van der Waals surface area (Å²) in [5.41, 5.74) is 2.09. The van der Waals surface area contributed by atoms with Gasteiger partial charge in [-0.1, -0.05) is 35.3 Å². The Hall–Kier alpha value is -3.34. The lowest BCUT2D eigenvalue weighted by atomic mass is 9.99. The van der Waals surface area contributed by atoms with Crippen molar-refractivity contribution in [3.8, 4) is 17.7 Å². The molecule has 0 atom stereocenters. The van der Waals surface area contributed by atoms with Gasteiger partial charge in [0, 0.05) is 18.3 Å². The van der Waals surface area contributed by atoms with Crippen molar-refractivity contribution in [1.29, 1.82) is 5.26 Å². The van der Waals surface area contributed by atoms with Gasteiger partial charge in [-0.2, -0.15) is 5.26 Å². The molecule has 0 saturated carbocycles. The number of pyridine rings is 2. The van der Waals surface area contributed by atoms with Crippen LogP contribution in [0.3, 0.4) is 0 Å². The lowest BCUT2D eigenvalue weighted by Gasteiger charge is -2.13. The van der Waals surface area contributed by atoms with Crippen LogP contribution in [0.2, 0.25) is 10.0 Å². The van der Waals surface area contributed by atoms with E-state index < -0.39 is 5.56 Å². The number of nitrogens with one attached hydrogen (secondary N) is 2. The van der Waals surface area contributed by atoms with Crippen LogP contribution in [-0.4, -0.2) is 15.9 Å². The van der Waals surface area contributed by atoms with Crippen molar-refractivity contribution in [3.05, 3.63) is 79.3 Å². The predicted octanol–water partition coefficient (Wildman–Crippen LogP) is 4.93. The number of aryl methyl sites for hydroxylation is 1. The van der Waals surface area contributed by atoms with E-state index in [4.69, 9.17) is 27.9 Å². The van der Waals surface area contributed by atoms with Crippen LogP contribution in [0.15, 0.2) is 41.3 Å². The first-order chi connectivity index (χ1) is 14.8. The minimum atomic E-state index is -0.425. The molecule has 0 aliphatic carbocycles. The van der Waals surface area contributed by atoms with Gasteiger partial charge in [0.2, 0.25) is 11.8 Å². The summed E-state index contributed by atoms with van der Waals surface area (Å²) in [7, 11) is 0. The van der Waals surface area contributed by atoms with E-state index in [0.29, 0.717) is 34.1 Å². The highest BCUT2D eigenvalue weighted by atomic mass is 35.5. The van der Waals surface area contributed by atoms with Gasteiger partial charge in [0.05, 0.1) is 10.7 Å². The van der Waals surface area contributed by atoms with Gasteiger partial charge in [-0.15, -0.1) is 0 Å². The number of hydrogen-bond donors (Lipinski definition) is 2. The summed E-state index contributed by atoms with van der Waals surface area (Å²) >= 11 is 12.0. The number of carbonyl (C=O) groups is 1. The highest BCUT2D eigenvalue weighted by molar-refractivity contribution is 6.35. The molecule has 2 aromatic heterocycles. The second-order valence-corrected chi connectivity index (χ2v) is 7.60. The Balaban J connectivity index is 1.74. The fourth-order valence-corrected chi connectivity index (χ4v) is 3.53. The van der Waals surface area contributed by atoms with Gasteiger partial charge >= 0.3 is 0 Å². The molecule has 0 fully saturated rings. The van der Waals surface area contributed by atoms with E-state index >= 15 is 0 Å². The van der Waals surface area contributed by atoms with Crippen molar-refractivity contribution < 1.29 is 9.53 Å². The third kappa shape index (κ3) is 5.23. The molecule has 1 amide bonds. The number of H-pyrrole nitrogens is 1. The highest BCUT2D eigenvalue weighted by Crippen LogP contribution is 2.33. The quantitative estimate of drug-likeness (QED) is 0.546. The molecular weight excluding hydrogens is 439 g/mol. The molecule has 2 heterocycles. The molecule has 3 aromatic rings. The number of halogens is 2. The number of benzene rings is 1. The third-order valence-corrected chi connectivity index (χ3v) is 5.14. The number of anilines is 1. The molecular formula is C22H18Cl2N4O3. The summed E-state index contributed by atoms with van der Waals surface area (Å²) in [6.45, 7) is 3.45. The van der Waals surface area contributed by atoms with Gasteiger partial charge in [0.1, 0.15) is 16.7 Å². The predicted molar refractivity (Wildman–Crippen MR) is 119 cm³/mol. The maximum absolute atomic E-state index is 12.6. The summed E-state index contributed by atoms with van der Waals surface area (Å²) in [6, 6.07) is 10.3. The minimum Gasteiger partial charge on any atom is -0.435 e. The summed E-state index contributed by atoms with van der Waals surface area (Å²) < 4.78 is 5.75. The molecule has 0 radical (unpaired) electrons. The zero-order chi connectivity index (χ0) is 22.5. The molecule has 0 aliphatic rings. The van der Waals surface area contributed by atoms with Crippen LogP contribution < -0.4 is 15.6 Å². The average molecular weight is 457 g/mol. The number of aromatic amines is 1. The second kappa shape index (κ2) is 9.65. The van der Waals surface area contributed by atoms with Gasteiger partial charge in [0.25, 0.3) is 5.56 Å². The SMILES string of the molecule is Cc1[nH]c(=O)c(C#N)c(C)c1CCC(=O)Nc1ccccc1Oc1ncc(Cl)cc1Cl. The first kappa shape index (κ1) is 22.3. The van der Waals surface area contributed by atoms with E-state index in [0.717, 1.165) is 5.56 Å². The largest absolute Gasteiger partial charge is 0.435 e. The molecule has 2 N–H and O–H groups in total. The van der Waals surface area contributed by atoms with E-state index in [1.807, 2.05) is 6.07 Å². The Morgan fingerprint density at radius 1 is 1.29 bits per heavy atom. The number of hydrogen-bond acceptors (Lipinski definition) is 5. The first-order valence-corrected chi connectivity index (χ1v) is 10.1. The monoisotopic (exact) mass is 456 g/mol. The van der Waals surface area contributed by atoms with Crippen molar-refractivity contribution in [3.63, 3.8) is 0 Å². The van der Waals surface area contributed by atoms with Crippen molar-refractivity contribution in [2.24, 2.45) is 0 Å². The Morgan fingerprint density at radius 2 is 2.03 bits per heavy atom. The minimum absolute atomic E-state index is 0.0621. The zero-order valence-electron chi connectivity index (χ0n) is 16.8. The van der Waals surface area contributed by atoms with Crippen LogP contribution >= 0.6 is 23.2 Å². The van der Waals surface area contributed by atoms with Gasteiger partial charge in [-0.05, 0) is 49.6 Å². The fourth-order valence-electron chi connectivity index (χ4n) is 3.11.